The second-order valence-corrected chi connectivity index (χ2v) is 3.80. The van der Waals surface area contributed by atoms with Gasteiger partial charge in [0.2, 0.25) is 0 Å². The first kappa shape index (κ1) is 7.81. The molecule has 2 rings (SSSR count). The van der Waals surface area contributed by atoms with Crippen molar-refractivity contribution < 1.29 is 0 Å². The fourth-order valence-electron chi connectivity index (χ4n) is 2.26. The number of rotatable bonds is 0. The van der Waals surface area contributed by atoms with E-state index in [2.05, 4.69) is 26.0 Å². The minimum Gasteiger partial charge on any atom is -0.324 e. The molecule has 0 saturated carbocycles. The Labute approximate surface area is 73.6 Å². The summed E-state index contributed by atoms with van der Waals surface area (Å²) in [5.74, 6) is 0. The molecular weight excluding hydrogens is 146 g/mol. The van der Waals surface area contributed by atoms with Crippen molar-refractivity contribution in [3.05, 3.63) is 34.4 Å². The molecule has 1 aromatic rings. The van der Waals surface area contributed by atoms with E-state index >= 15 is 0 Å². The predicted octanol–water partition coefficient (Wildman–Crippen LogP) is 2.25. The topological polar surface area (TPSA) is 26.0 Å². The van der Waals surface area contributed by atoms with Crippen molar-refractivity contribution in [1.29, 1.82) is 0 Å². The highest BCUT2D eigenvalue weighted by molar-refractivity contribution is 5.43. The first-order chi connectivity index (χ1) is 5.68. The molecule has 1 aromatic carbocycles. The van der Waals surface area contributed by atoms with E-state index in [-0.39, 0.29) is 0 Å². The van der Waals surface area contributed by atoms with Gasteiger partial charge in [-0.3, -0.25) is 0 Å². The third kappa shape index (κ3) is 1.05. The third-order valence-electron chi connectivity index (χ3n) is 2.71. The van der Waals surface area contributed by atoms with Gasteiger partial charge in [0.25, 0.3) is 0 Å². The summed E-state index contributed by atoms with van der Waals surface area (Å²) in [5.41, 5.74) is 11.6. The molecule has 0 saturated heterocycles. The molecule has 0 heterocycles. The molecule has 0 amide bonds. The average Bonchev–Trinajstić information content (AvgIpc) is 2.31. The molecule has 0 spiro atoms. The van der Waals surface area contributed by atoms with Crippen molar-refractivity contribution in [2.75, 3.05) is 0 Å². The summed E-state index contributed by atoms with van der Waals surface area (Å²) < 4.78 is 0. The smallest absolute Gasteiger partial charge is 0.0303 e. The Kier molecular flexibility index (Phi) is 1.69. The fourth-order valence-corrected chi connectivity index (χ4v) is 2.26. The second kappa shape index (κ2) is 2.60. The summed E-state index contributed by atoms with van der Waals surface area (Å²) in [4.78, 5) is 0. The van der Waals surface area contributed by atoms with Gasteiger partial charge in [-0.25, -0.2) is 0 Å². The van der Waals surface area contributed by atoms with Crippen molar-refractivity contribution in [3.63, 3.8) is 0 Å². The van der Waals surface area contributed by atoms with Crippen molar-refractivity contribution in [3.8, 4) is 0 Å². The van der Waals surface area contributed by atoms with Gasteiger partial charge in [-0.2, -0.15) is 0 Å². The Balaban J connectivity index is 2.60. The van der Waals surface area contributed by atoms with Crippen LogP contribution < -0.4 is 5.73 Å². The van der Waals surface area contributed by atoms with Crippen LogP contribution in [0.15, 0.2) is 12.1 Å². The van der Waals surface area contributed by atoms with Crippen LogP contribution in [0.3, 0.4) is 0 Å². The van der Waals surface area contributed by atoms with Crippen LogP contribution in [0.2, 0.25) is 0 Å². The molecule has 2 N–H and O–H groups in total. The number of nitrogens with two attached hydrogens (primary N) is 1. The van der Waals surface area contributed by atoms with Crippen LogP contribution in [0, 0.1) is 13.8 Å². The van der Waals surface area contributed by atoms with Gasteiger partial charge < -0.3 is 5.73 Å². The normalized spacial score (nSPS) is 21.1. The minimum atomic E-state index is 0.292. The quantitative estimate of drug-likeness (QED) is 0.620. The molecular formula is C11H15N. The molecule has 64 valence electrons. The van der Waals surface area contributed by atoms with Gasteiger partial charge in [0.15, 0.2) is 0 Å². The predicted molar refractivity (Wildman–Crippen MR) is 51.2 cm³/mol. The molecule has 12 heavy (non-hydrogen) atoms. The first-order valence-electron chi connectivity index (χ1n) is 4.54. The van der Waals surface area contributed by atoms with E-state index in [1.54, 1.807) is 0 Å². The average molecular weight is 161 g/mol. The van der Waals surface area contributed by atoms with E-state index < -0.39 is 0 Å². The van der Waals surface area contributed by atoms with Gasteiger partial charge in [0, 0.05) is 6.04 Å². The van der Waals surface area contributed by atoms with E-state index in [4.69, 9.17) is 5.73 Å². The molecule has 1 aliphatic carbocycles. The van der Waals surface area contributed by atoms with Gasteiger partial charge in [0.1, 0.15) is 0 Å². The van der Waals surface area contributed by atoms with Crippen LogP contribution in [-0.4, -0.2) is 0 Å². The Morgan fingerprint density at radius 2 is 2.08 bits per heavy atom. The minimum absolute atomic E-state index is 0.292. The van der Waals surface area contributed by atoms with Gasteiger partial charge in [0.05, 0.1) is 0 Å². The lowest BCUT2D eigenvalue weighted by atomic mass is 10.00. The van der Waals surface area contributed by atoms with E-state index in [0.717, 1.165) is 6.42 Å². The number of fused-ring (bicyclic) bond motifs is 1. The molecule has 0 aliphatic heterocycles. The van der Waals surface area contributed by atoms with Crippen LogP contribution in [0.4, 0.5) is 0 Å². The fraction of sp³-hybridized carbons (Fsp3) is 0.455. The summed E-state index contributed by atoms with van der Waals surface area (Å²) in [7, 11) is 0. The second-order valence-electron chi connectivity index (χ2n) is 3.80. The van der Waals surface area contributed by atoms with Crippen LogP contribution in [0.1, 0.15) is 34.7 Å². The van der Waals surface area contributed by atoms with Gasteiger partial charge in [-0.1, -0.05) is 17.7 Å². The Morgan fingerprint density at radius 3 is 2.83 bits per heavy atom. The van der Waals surface area contributed by atoms with E-state index in [1.165, 1.54) is 28.7 Å². The Hall–Kier alpha value is -0.820. The molecule has 0 bridgehead atoms. The molecule has 0 fully saturated rings. The summed E-state index contributed by atoms with van der Waals surface area (Å²) in [6, 6.07) is 4.79. The van der Waals surface area contributed by atoms with Crippen molar-refractivity contribution >= 4 is 0 Å². The highest BCUT2D eigenvalue weighted by Crippen LogP contribution is 2.32. The van der Waals surface area contributed by atoms with E-state index in [1.807, 2.05) is 0 Å². The lowest BCUT2D eigenvalue weighted by molar-refractivity contribution is 0.710. The van der Waals surface area contributed by atoms with Crippen LogP contribution in [0.25, 0.3) is 0 Å². The summed E-state index contributed by atoms with van der Waals surface area (Å²) >= 11 is 0. The van der Waals surface area contributed by atoms with Gasteiger partial charge >= 0.3 is 0 Å². The SMILES string of the molecule is Cc1cc(C)c2c(c1)CCC2N. The van der Waals surface area contributed by atoms with Gasteiger partial charge in [-0.05, 0) is 43.4 Å². The summed E-state index contributed by atoms with van der Waals surface area (Å²) in [6.45, 7) is 4.31. The first-order valence-corrected chi connectivity index (χ1v) is 4.54. The number of hydrogen-bond acceptors (Lipinski definition) is 1. The maximum Gasteiger partial charge on any atom is 0.0303 e. The highest BCUT2D eigenvalue weighted by atomic mass is 14.6. The molecule has 1 heteroatoms. The summed E-state index contributed by atoms with van der Waals surface area (Å²) in [6.07, 6.45) is 2.29. The molecule has 1 atom stereocenters. The highest BCUT2D eigenvalue weighted by Gasteiger charge is 2.20. The maximum absolute atomic E-state index is 6.00. The Bertz CT molecular complexity index is 315. The Morgan fingerprint density at radius 1 is 1.33 bits per heavy atom. The largest absolute Gasteiger partial charge is 0.324 e. The number of hydrogen-bond donors (Lipinski definition) is 1. The molecule has 1 unspecified atom stereocenters. The summed E-state index contributed by atoms with van der Waals surface area (Å²) in [5, 5.41) is 0. The lowest BCUT2D eigenvalue weighted by Gasteiger charge is -2.09. The number of benzene rings is 1. The van der Waals surface area contributed by atoms with E-state index in [9.17, 15) is 0 Å². The van der Waals surface area contributed by atoms with Crippen molar-refractivity contribution in [2.24, 2.45) is 5.73 Å². The molecule has 0 aromatic heterocycles. The standard InChI is InChI=1S/C11H15N/c1-7-5-8(2)11-9(6-7)3-4-10(11)12/h5-6,10H,3-4,12H2,1-2H3. The van der Waals surface area contributed by atoms with Crippen LogP contribution in [0.5, 0.6) is 0 Å². The zero-order chi connectivity index (χ0) is 8.72. The molecule has 1 nitrogen and oxygen atoms in total. The van der Waals surface area contributed by atoms with Crippen molar-refractivity contribution in [1.82, 2.24) is 0 Å². The van der Waals surface area contributed by atoms with Crippen molar-refractivity contribution in [2.45, 2.75) is 32.7 Å². The monoisotopic (exact) mass is 161 g/mol. The molecule has 1 aliphatic rings. The zero-order valence-corrected chi connectivity index (χ0v) is 7.72. The van der Waals surface area contributed by atoms with Gasteiger partial charge in [-0.15, -0.1) is 0 Å². The zero-order valence-electron chi connectivity index (χ0n) is 7.72. The molecule has 0 radical (unpaired) electrons. The third-order valence-corrected chi connectivity index (χ3v) is 2.71. The maximum atomic E-state index is 6.00. The van der Waals surface area contributed by atoms with Crippen LogP contribution >= 0.6 is 0 Å². The number of aryl methyl sites for hydroxylation is 3. The lowest BCUT2D eigenvalue weighted by Crippen LogP contribution is -2.06. The van der Waals surface area contributed by atoms with Crippen LogP contribution in [-0.2, 0) is 6.42 Å². The van der Waals surface area contributed by atoms with E-state index in [0.29, 0.717) is 6.04 Å².